The molecule has 0 radical (unpaired) electrons. The zero-order chi connectivity index (χ0) is 18.9. The van der Waals surface area contributed by atoms with Crippen LogP contribution in [-0.4, -0.2) is 32.3 Å². The molecule has 1 aromatic carbocycles. The molecular formula is C19H30O4S. The van der Waals surface area contributed by atoms with Crippen molar-refractivity contribution in [3.05, 3.63) is 28.8 Å². The standard InChI is InChI=1S/C19H30O4S/c1-11(20)24-10-15(21)17(23)13-8-12(18(2,3)4)9-14(16(13)22)19(5,6)7/h8-9,15,17,21-23H,10H2,1-7H3. The van der Waals surface area contributed by atoms with E-state index in [4.69, 9.17) is 0 Å². The molecule has 0 aliphatic rings. The number of phenols is 1. The van der Waals surface area contributed by atoms with Gasteiger partial charge in [0.15, 0.2) is 5.12 Å². The molecule has 0 heterocycles. The maximum atomic E-state index is 11.1. The largest absolute Gasteiger partial charge is 0.507 e. The van der Waals surface area contributed by atoms with E-state index in [9.17, 15) is 20.1 Å². The molecule has 0 aliphatic heterocycles. The van der Waals surface area contributed by atoms with Crippen molar-refractivity contribution in [3.8, 4) is 5.75 Å². The van der Waals surface area contributed by atoms with Crippen LogP contribution in [0.25, 0.3) is 0 Å². The molecule has 0 amide bonds. The Hall–Kier alpha value is -1.04. The minimum absolute atomic E-state index is 0.00914. The monoisotopic (exact) mass is 354 g/mol. The third-order valence-electron chi connectivity index (χ3n) is 3.95. The summed E-state index contributed by atoms with van der Waals surface area (Å²) in [4.78, 5) is 11.1. The van der Waals surface area contributed by atoms with E-state index < -0.39 is 12.2 Å². The number of rotatable bonds is 4. The Morgan fingerprint density at radius 3 is 2.04 bits per heavy atom. The predicted octanol–water partition coefficient (Wildman–Crippen LogP) is 3.66. The Morgan fingerprint density at radius 2 is 1.62 bits per heavy atom. The lowest BCUT2D eigenvalue weighted by Crippen LogP contribution is -2.24. The molecule has 2 atom stereocenters. The van der Waals surface area contributed by atoms with E-state index in [-0.39, 0.29) is 27.4 Å². The first-order valence-electron chi connectivity index (χ1n) is 8.12. The third-order valence-corrected chi connectivity index (χ3v) is 4.87. The molecular weight excluding hydrogens is 324 g/mol. The van der Waals surface area contributed by atoms with E-state index >= 15 is 0 Å². The van der Waals surface area contributed by atoms with Crippen LogP contribution in [-0.2, 0) is 15.6 Å². The lowest BCUT2D eigenvalue weighted by atomic mass is 9.78. The highest BCUT2D eigenvalue weighted by Crippen LogP contribution is 2.40. The summed E-state index contributed by atoms with van der Waals surface area (Å²) in [5.74, 6) is 0.0930. The van der Waals surface area contributed by atoms with Crippen molar-refractivity contribution in [2.75, 3.05) is 5.75 Å². The molecule has 0 aromatic heterocycles. The summed E-state index contributed by atoms with van der Waals surface area (Å²) in [5.41, 5.74) is 1.55. The molecule has 136 valence electrons. The van der Waals surface area contributed by atoms with Crippen LogP contribution < -0.4 is 0 Å². The van der Waals surface area contributed by atoms with E-state index in [0.717, 1.165) is 22.9 Å². The summed E-state index contributed by atoms with van der Waals surface area (Å²) in [7, 11) is 0. The minimum atomic E-state index is -1.25. The minimum Gasteiger partial charge on any atom is -0.507 e. The number of hydrogen-bond acceptors (Lipinski definition) is 5. The van der Waals surface area contributed by atoms with Gasteiger partial charge in [0.2, 0.25) is 0 Å². The molecule has 24 heavy (non-hydrogen) atoms. The molecule has 2 unspecified atom stereocenters. The highest BCUT2D eigenvalue weighted by Gasteiger charge is 2.29. The fraction of sp³-hybridized carbons (Fsp3) is 0.632. The number of aromatic hydroxyl groups is 1. The number of carbonyl (C=O) groups is 1. The van der Waals surface area contributed by atoms with Gasteiger partial charge in [-0.2, -0.15) is 0 Å². The van der Waals surface area contributed by atoms with Gasteiger partial charge in [-0.3, -0.25) is 4.79 Å². The Kier molecular flexibility index (Phi) is 6.53. The number of phenolic OH excluding ortho intramolecular Hbond substituents is 1. The van der Waals surface area contributed by atoms with Crippen LogP contribution in [0.15, 0.2) is 12.1 Å². The van der Waals surface area contributed by atoms with Gasteiger partial charge in [-0.05, 0) is 28.0 Å². The van der Waals surface area contributed by atoms with E-state index in [2.05, 4.69) is 20.8 Å². The van der Waals surface area contributed by atoms with Crippen molar-refractivity contribution >= 4 is 16.9 Å². The average molecular weight is 355 g/mol. The van der Waals surface area contributed by atoms with Gasteiger partial charge in [-0.1, -0.05) is 59.4 Å². The van der Waals surface area contributed by atoms with Gasteiger partial charge in [0.25, 0.3) is 0 Å². The second-order valence-electron chi connectivity index (χ2n) is 8.28. The molecule has 0 saturated carbocycles. The quantitative estimate of drug-likeness (QED) is 0.769. The van der Waals surface area contributed by atoms with Crippen molar-refractivity contribution in [2.45, 2.75) is 71.5 Å². The van der Waals surface area contributed by atoms with Gasteiger partial charge >= 0.3 is 0 Å². The third kappa shape index (κ3) is 5.23. The molecule has 0 bridgehead atoms. The van der Waals surface area contributed by atoms with E-state index in [0.29, 0.717) is 5.56 Å². The fourth-order valence-corrected chi connectivity index (χ4v) is 2.98. The number of thioether (sulfide) groups is 1. The van der Waals surface area contributed by atoms with Crippen LogP contribution in [0.5, 0.6) is 5.75 Å². The Morgan fingerprint density at radius 1 is 1.08 bits per heavy atom. The van der Waals surface area contributed by atoms with E-state index in [1.807, 2.05) is 26.8 Å². The number of hydrogen-bond donors (Lipinski definition) is 3. The van der Waals surface area contributed by atoms with Gasteiger partial charge in [0.1, 0.15) is 11.9 Å². The zero-order valence-electron chi connectivity index (χ0n) is 15.7. The van der Waals surface area contributed by atoms with Gasteiger partial charge in [0.05, 0.1) is 6.10 Å². The molecule has 0 spiro atoms. The topological polar surface area (TPSA) is 77.8 Å². The van der Waals surface area contributed by atoms with Crippen LogP contribution in [0.4, 0.5) is 0 Å². The second kappa shape index (κ2) is 7.46. The van der Waals surface area contributed by atoms with Gasteiger partial charge in [-0.15, -0.1) is 0 Å². The van der Waals surface area contributed by atoms with Crippen molar-refractivity contribution in [2.24, 2.45) is 0 Å². The molecule has 0 aliphatic carbocycles. The molecule has 0 fully saturated rings. The molecule has 1 rings (SSSR count). The Balaban J connectivity index is 3.38. The maximum Gasteiger partial charge on any atom is 0.185 e. The number of aliphatic hydroxyl groups excluding tert-OH is 2. The maximum absolute atomic E-state index is 11.1. The number of benzene rings is 1. The van der Waals surface area contributed by atoms with E-state index in [1.54, 1.807) is 6.07 Å². The summed E-state index contributed by atoms with van der Waals surface area (Å²) in [6, 6.07) is 3.71. The first-order chi connectivity index (χ1) is 10.7. The number of carbonyl (C=O) groups excluding carboxylic acids is 1. The molecule has 1 aromatic rings. The van der Waals surface area contributed by atoms with Gasteiger partial charge in [-0.25, -0.2) is 0 Å². The first-order valence-corrected chi connectivity index (χ1v) is 9.11. The molecule has 4 nitrogen and oxygen atoms in total. The Labute approximate surface area is 149 Å². The van der Waals surface area contributed by atoms with Crippen molar-refractivity contribution < 1.29 is 20.1 Å². The summed E-state index contributed by atoms with van der Waals surface area (Å²) in [6.45, 7) is 13.6. The Bertz CT molecular complexity index is 597. The lowest BCUT2D eigenvalue weighted by molar-refractivity contribution is -0.109. The van der Waals surface area contributed by atoms with Crippen molar-refractivity contribution in [3.63, 3.8) is 0 Å². The second-order valence-corrected chi connectivity index (χ2v) is 9.47. The van der Waals surface area contributed by atoms with Crippen molar-refractivity contribution in [1.29, 1.82) is 0 Å². The SMILES string of the molecule is CC(=O)SCC(O)C(O)c1cc(C(C)(C)C)cc(C(C)(C)C)c1O. The molecule has 0 saturated heterocycles. The highest BCUT2D eigenvalue weighted by atomic mass is 32.2. The average Bonchev–Trinajstić information content (AvgIpc) is 2.41. The van der Waals surface area contributed by atoms with Crippen LogP contribution in [0, 0.1) is 0 Å². The predicted molar refractivity (Wildman–Crippen MR) is 99.6 cm³/mol. The smallest absolute Gasteiger partial charge is 0.185 e. The lowest BCUT2D eigenvalue weighted by Gasteiger charge is -2.29. The van der Waals surface area contributed by atoms with Gasteiger partial charge < -0.3 is 15.3 Å². The van der Waals surface area contributed by atoms with Crippen LogP contribution in [0.2, 0.25) is 0 Å². The summed E-state index contributed by atoms with van der Waals surface area (Å²) >= 11 is 0.957. The molecule has 5 heteroatoms. The van der Waals surface area contributed by atoms with Gasteiger partial charge in [0, 0.05) is 18.2 Å². The highest BCUT2D eigenvalue weighted by molar-refractivity contribution is 8.13. The number of aliphatic hydroxyl groups is 2. The normalized spacial score (nSPS) is 15.2. The van der Waals surface area contributed by atoms with Crippen LogP contribution in [0.3, 0.4) is 0 Å². The summed E-state index contributed by atoms with van der Waals surface area (Å²) in [5, 5.41) is 31.3. The summed E-state index contributed by atoms with van der Waals surface area (Å²) in [6.07, 6.45) is -2.38. The van der Waals surface area contributed by atoms with E-state index in [1.165, 1.54) is 6.92 Å². The van der Waals surface area contributed by atoms with Crippen molar-refractivity contribution in [1.82, 2.24) is 0 Å². The molecule has 3 N–H and O–H groups in total. The van der Waals surface area contributed by atoms with Crippen LogP contribution in [0.1, 0.15) is 71.3 Å². The first kappa shape index (κ1) is 21.0. The van der Waals surface area contributed by atoms with Crippen LogP contribution >= 0.6 is 11.8 Å². The summed E-state index contributed by atoms with van der Waals surface area (Å²) < 4.78 is 0. The fourth-order valence-electron chi connectivity index (χ4n) is 2.39. The zero-order valence-corrected chi connectivity index (χ0v) is 16.5.